The van der Waals surface area contributed by atoms with Crippen molar-refractivity contribution < 1.29 is 9.47 Å². The normalized spacial score (nSPS) is 17.2. The van der Waals surface area contributed by atoms with Crippen LogP contribution in [0, 0.1) is 0 Å². The van der Waals surface area contributed by atoms with E-state index < -0.39 is 0 Å². The third-order valence-electron chi connectivity index (χ3n) is 8.50. The zero-order valence-electron chi connectivity index (χ0n) is 24.2. The first kappa shape index (κ1) is 26.9. The summed E-state index contributed by atoms with van der Waals surface area (Å²) in [6.45, 7) is 9.79. The zero-order chi connectivity index (χ0) is 27.8. The minimum absolute atomic E-state index is 0.104. The van der Waals surface area contributed by atoms with Crippen molar-refractivity contribution in [2.75, 3.05) is 26.1 Å². The van der Waals surface area contributed by atoms with Crippen molar-refractivity contribution in [1.29, 1.82) is 0 Å². The summed E-state index contributed by atoms with van der Waals surface area (Å²) in [5.74, 6) is 2.47. The van der Waals surface area contributed by atoms with Crippen LogP contribution in [-0.4, -0.2) is 53.4 Å². The van der Waals surface area contributed by atoms with Crippen LogP contribution in [0.3, 0.4) is 0 Å². The molecule has 1 aliphatic heterocycles. The molecule has 6 nitrogen and oxygen atoms in total. The Morgan fingerprint density at radius 2 is 1.59 bits per heavy atom. The van der Waals surface area contributed by atoms with Crippen molar-refractivity contribution in [3.05, 3.63) is 78.4 Å². The molecular formula is C33H40N4O2. The van der Waals surface area contributed by atoms with Crippen molar-refractivity contribution in [1.82, 2.24) is 15.1 Å². The molecule has 0 spiro atoms. The van der Waals surface area contributed by atoms with Crippen LogP contribution >= 0.6 is 0 Å². The van der Waals surface area contributed by atoms with Gasteiger partial charge in [0.1, 0.15) is 18.1 Å². The fourth-order valence-corrected chi connectivity index (χ4v) is 5.87. The number of hydrogen-bond donors (Lipinski definition) is 0. The van der Waals surface area contributed by atoms with Gasteiger partial charge in [-0.1, -0.05) is 36.4 Å². The Labute approximate surface area is 232 Å². The first-order valence-corrected chi connectivity index (χ1v) is 13.7. The van der Waals surface area contributed by atoms with E-state index in [1.54, 1.807) is 7.11 Å². The third-order valence-corrected chi connectivity index (χ3v) is 8.50. The molecule has 0 N–H and O–H groups in total. The number of ether oxygens (including phenoxy) is 2. The summed E-state index contributed by atoms with van der Waals surface area (Å²) in [6, 6.07) is 25.0. The quantitative estimate of drug-likeness (QED) is 0.260. The Bertz CT molecular complexity index is 1420. The molecule has 4 aromatic rings. The van der Waals surface area contributed by atoms with Crippen molar-refractivity contribution in [2.45, 2.75) is 64.3 Å². The van der Waals surface area contributed by atoms with E-state index in [2.05, 4.69) is 94.1 Å². The highest BCUT2D eigenvalue weighted by Gasteiger charge is 2.44. The molecule has 0 unspecified atom stereocenters. The van der Waals surface area contributed by atoms with Gasteiger partial charge in [-0.3, -0.25) is 4.90 Å². The summed E-state index contributed by atoms with van der Waals surface area (Å²) in [7, 11) is 6.07. The van der Waals surface area contributed by atoms with Gasteiger partial charge in [-0.25, -0.2) is 0 Å². The highest BCUT2D eigenvalue weighted by atomic mass is 16.5. The van der Waals surface area contributed by atoms with Gasteiger partial charge in [-0.15, -0.1) is 10.2 Å². The highest BCUT2D eigenvalue weighted by molar-refractivity contribution is 5.91. The van der Waals surface area contributed by atoms with Gasteiger partial charge in [0.15, 0.2) is 5.82 Å². The average Bonchev–Trinajstić information content (AvgIpc) is 2.94. The van der Waals surface area contributed by atoms with Crippen LogP contribution in [0.2, 0.25) is 0 Å². The molecule has 1 fully saturated rings. The van der Waals surface area contributed by atoms with Crippen molar-refractivity contribution in [3.8, 4) is 22.8 Å². The predicted octanol–water partition coefficient (Wildman–Crippen LogP) is 6.97. The Morgan fingerprint density at radius 1 is 0.872 bits per heavy atom. The Morgan fingerprint density at radius 3 is 2.23 bits per heavy atom. The minimum Gasteiger partial charge on any atom is -0.497 e. The third kappa shape index (κ3) is 5.57. The van der Waals surface area contributed by atoms with Crippen molar-refractivity contribution in [2.24, 2.45) is 0 Å². The summed E-state index contributed by atoms with van der Waals surface area (Å²) >= 11 is 0. The molecule has 6 heteroatoms. The minimum atomic E-state index is 0.104. The molecule has 0 atom stereocenters. The summed E-state index contributed by atoms with van der Waals surface area (Å²) in [6.07, 6.45) is 2.14. The second-order valence-corrected chi connectivity index (χ2v) is 12.0. The molecule has 3 aromatic carbocycles. The maximum absolute atomic E-state index is 6.36. The van der Waals surface area contributed by atoms with E-state index in [1.165, 1.54) is 0 Å². The number of methoxy groups -OCH3 is 1. The second-order valence-electron chi connectivity index (χ2n) is 12.0. The van der Waals surface area contributed by atoms with Crippen LogP contribution in [0.1, 0.15) is 46.1 Å². The maximum atomic E-state index is 6.36. The van der Waals surface area contributed by atoms with E-state index >= 15 is 0 Å². The average molecular weight is 525 g/mol. The summed E-state index contributed by atoms with van der Waals surface area (Å²) in [5.41, 5.74) is 3.03. The van der Waals surface area contributed by atoms with Crippen LogP contribution < -0.4 is 14.4 Å². The zero-order valence-corrected chi connectivity index (χ0v) is 24.2. The smallest absolute Gasteiger partial charge is 0.151 e. The van der Waals surface area contributed by atoms with Gasteiger partial charge < -0.3 is 14.4 Å². The standard InChI is InChI=1S/C33H40N4O2/c1-32(2)20-26(21-33(3,4)37(32)6)36(5)31-16-15-29(34-35-31)28-18-24-13-14-27(38-7)17-25(24)19-30(28)39-22-23-11-9-8-10-12-23/h8-19,26H,20-22H2,1-7H3. The molecule has 0 saturated carbocycles. The molecule has 0 amide bonds. The number of nitrogens with zero attached hydrogens (tertiary/aromatic N) is 4. The van der Waals surface area contributed by atoms with E-state index in [9.17, 15) is 0 Å². The fourth-order valence-electron chi connectivity index (χ4n) is 5.87. The molecule has 0 aliphatic carbocycles. The number of aromatic nitrogens is 2. The number of fused-ring (bicyclic) bond motifs is 1. The number of hydrogen-bond acceptors (Lipinski definition) is 6. The van der Waals surface area contributed by atoms with Crippen molar-refractivity contribution >= 4 is 16.6 Å². The van der Waals surface area contributed by atoms with Crippen LogP contribution in [0.5, 0.6) is 11.5 Å². The lowest BCUT2D eigenvalue weighted by molar-refractivity contribution is -0.0120. The van der Waals surface area contributed by atoms with E-state index in [4.69, 9.17) is 19.7 Å². The number of benzene rings is 3. The maximum Gasteiger partial charge on any atom is 0.151 e. The number of anilines is 1. The lowest BCUT2D eigenvalue weighted by Crippen LogP contribution is -2.62. The highest BCUT2D eigenvalue weighted by Crippen LogP contribution is 2.40. The molecule has 5 rings (SSSR count). The molecule has 0 radical (unpaired) electrons. The fraction of sp³-hybridized carbons (Fsp3) is 0.394. The van der Waals surface area contributed by atoms with Gasteiger partial charge in [-0.2, -0.15) is 0 Å². The molecule has 1 aromatic heterocycles. The van der Waals surface area contributed by atoms with E-state index in [0.29, 0.717) is 12.6 Å². The van der Waals surface area contributed by atoms with Gasteiger partial charge >= 0.3 is 0 Å². The molecular weight excluding hydrogens is 484 g/mol. The monoisotopic (exact) mass is 524 g/mol. The molecule has 1 aliphatic rings. The first-order valence-electron chi connectivity index (χ1n) is 13.7. The van der Waals surface area contributed by atoms with Crippen LogP contribution in [0.4, 0.5) is 5.82 Å². The second kappa shape index (κ2) is 10.5. The molecule has 1 saturated heterocycles. The molecule has 2 heterocycles. The van der Waals surface area contributed by atoms with Crippen LogP contribution in [0.25, 0.3) is 22.0 Å². The van der Waals surface area contributed by atoms with Gasteiger partial charge in [0.25, 0.3) is 0 Å². The van der Waals surface area contributed by atoms with Gasteiger partial charge in [-0.05, 0) is 100 Å². The van der Waals surface area contributed by atoms with E-state index in [-0.39, 0.29) is 11.1 Å². The molecule has 0 bridgehead atoms. The molecule has 39 heavy (non-hydrogen) atoms. The topological polar surface area (TPSA) is 50.7 Å². The Kier molecular flexibility index (Phi) is 7.25. The van der Waals surface area contributed by atoms with E-state index in [1.807, 2.05) is 30.3 Å². The first-order chi connectivity index (χ1) is 18.6. The lowest BCUT2D eigenvalue weighted by Gasteiger charge is -2.55. The van der Waals surface area contributed by atoms with Gasteiger partial charge in [0, 0.05) is 29.7 Å². The van der Waals surface area contributed by atoms with E-state index in [0.717, 1.165) is 57.8 Å². The Balaban J connectivity index is 1.45. The SMILES string of the molecule is COc1ccc2cc(-c3ccc(N(C)C4CC(C)(C)N(C)C(C)(C)C4)nn3)c(OCc3ccccc3)cc2c1. The van der Waals surface area contributed by atoms with Gasteiger partial charge in [0.2, 0.25) is 0 Å². The van der Waals surface area contributed by atoms with Crippen LogP contribution in [-0.2, 0) is 6.61 Å². The molecule has 204 valence electrons. The summed E-state index contributed by atoms with van der Waals surface area (Å²) in [4.78, 5) is 4.80. The number of piperidine rings is 1. The van der Waals surface area contributed by atoms with Crippen LogP contribution in [0.15, 0.2) is 72.8 Å². The summed E-state index contributed by atoms with van der Waals surface area (Å²) < 4.78 is 11.8. The van der Waals surface area contributed by atoms with Gasteiger partial charge in [0.05, 0.1) is 12.8 Å². The Hall–Kier alpha value is -3.64. The van der Waals surface area contributed by atoms with Crippen molar-refractivity contribution in [3.63, 3.8) is 0 Å². The predicted molar refractivity (Wildman–Crippen MR) is 160 cm³/mol. The number of likely N-dealkylation sites (tertiary alicyclic amines) is 1. The lowest BCUT2D eigenvalue weighted by atomic mass is 9.77. The number of rotatable bonds is 7. The summed E-state index contributed by atoms with van der Waals surface area (Å²) in [5, 5.41) is 11.5. The largest absolute Gasteiger partial charge is 0.497 e.